The second-order valence-corrected chi connectivity index (χ2v) is 3.15. The zero-order valence-corrected chi connectivity index (χ0v) is 7.55. The number of halogens is 4. The average molecular weight is 220 g/mol. The number of benzene rings is 1. The Hall–Kier alpha value is -1.15. The summed E-state index contributed by atoms with van der Waals surface area (Å²) in [5, 5.41) is 1.88. The Morgan fingerprint density at radius 2 is 1.64 bits per heavy atom. The van der Waals surface area contributed by atoms with E-state index in [9.17, 15) is 17.6 Å². The molecule has 0 radical (unpaired) electrons. The summed E-state index contributed by atoms with van der Waals surface area (Å²) in [6, 6.07) is 4.92. The molecule has 0 atom stereocenters. The Morgan fingerprint density at radius 1 is 1.07 bits per heavy atom. The van der Waals surface area contributed by atoms with Gasteiger partial charge >= 0.3 is 5.51 Å². The molecule has 74 valence electrons. The maximum absolute atomic E-state index is 12.4. The molecule has 0 aromatic heterocycles. The van der Waals surface area contributed by atoms with Gasteiger partial charge < -0.3 is 0 Å². The molecule has 0 amide bonds. The lowest BCUT2D eigenvalue weighted by Gasteiger charge is -1.96. The van der Waals surface area contributed by atoms with Gasteiger partial charge in [0.15, 0.2) is 0 Å². The maximum Gasteiger partial charge on any atom is 0.453 e. The third-order valence-electron chi connectivity index (χ3n) is 1.21. The van der Waals surface area contributed by atoms with Gasteiger partial charge in [-0.2, -0.15) is 13.2 Å². The Labute approximate surface area is 82.3 Å². The molecule has 0 saturated carbocycles. The van der Waals surface area contributed by atoms with Gasteiger partial charge in [-0.15, -0.1) is 0 Å². The van der Waals surface area contributed by atoms with Crippen molar-refractivity contribution in [3.05, 3.63) is 35.6 Å². The third-order valence-corrected chi connectivity index (χ3v) is 1.64. The van der Waals surface area contributed by atoms with Crippen molar-refractivity contribution >= 4 is 11.8 Å². The topological polar surface area (TPSA) is 0 Å². The summed E-state index contributed by atoms with van der Waals surface area (Å²) in [6.45, 7) is 0. The predicted octanol–water partition coefficient (Wildman–Crippen LogP) is 3.39. The van der Waals surface area contributed by atoms with E-state index in [1.54, 1.807) is 0 Å². The fraction of sp³-hybridized carbons (Fsp3) is 0.111. The highest BCUT2D eigenvalue weighted by molar-refractivity contribution is 8.04. The summed E-state index contributed by atoms with van der Waals surface area (Å²) in [5.41, 5.74) is -4.00. The van der Waals surface area contributed by atoms with Gasteiger partial charge in [0, 0.05) is 17.3 Å². The molecular formula is C9H4F4S. The van der Waals surface area contributed by atoms with Crippen LogP contribution in [0.5, 0.6) is 0 Å². The predicted molar refractivity (Wildman–Crippen MR) is 46.9 cm³/mol. The molecule has 0 aliphatic carbocycles. The third kappa shape index (κ3) is 4.19. The van der Waals surface area contributed by atoms with Crippen LogP contribution < -0.4 is 0 Å². The number of hydrogen-bond acceptors (Lipinski definition) is 1. The first-order chi connectivity index (χ1) is 6.47. The minimum atomic E-state index is -4.35. The first-order valence-corrected chi connectivity index (χ1v) is 4.30. The van der Waals surface area contributed by atoms with Crippen LogP contribution in [0.25, 0.3) is 0 Å². The zero-order valence-electron chi connectivity index (χ0n) is 6.73. The van der Waals surface area contributed by atoms with Crippen LogP contribution in [0.1, 0.15) is 5.56 Å². The van der Waals surface area contributed by atoms with Crippen molar-refractivity contribution in [2.75, 3.05) is 0 Å². The van der Waals surface area contributed by atoms with Gasteiger partial charge in [-0.25, -0.2) is 4.39 Å². The smallest absolute Gasteiger partial charge is 0.207 e. The molecule has 0 unspecified atom stereocenters. The second kappa shape index (κ2) is 4.38. The van der Waals surface area contributed by atoms with Crippen LogP contribution in [0, 0.1) is 17.0 Å². The van der Waals surface area contributed by atoms with Crippen LogP contribution in [0.2, 0.25) is 0 Å². The standard InChI is InChI=1S/C9H4F4S/c10-8-3-1-7(2-4-8)5-6-14-9(11,12)13/h1-4H. The number of thioether (sulfide) groups is 1. The maximum atomic E-state index is 12.4. The monoisotopic (exact) mass is 220 g/mol. The number of alkyl halides is 3. The van der Waals surface area contributed by atoms with Crippen molar-refractivity contribution in [2.24, 2.45) is 0 Å². The van der Waals surface area contributed by atoms with E-state index in [0.29, 0.717) is 5.56 Å². The molecule has 5 heteroatoms. The molecule has 0 spiro atoms. The summed E-state index contributed by atoms with van der Waals surface area (Å²) in [5.74, 6) is 1.81. The summed E-state index contributed by atoms with van der Waals surface area (Å²) in [6.07, 6.45) is 0. The van der Waals surface area contributed by atoms with Crippen LogP contribution in [0.4, 0.5) is 17.6 Å². The molecule has 0 N–H and O–H groups in total. The largest absolute Gasteiger partial charge is 0.453 e. The van der Waals surface area contributed by atoms with Crippen molar-refractivity contribution < 1.29 is 17.6 Å². The van der Waals surface area contributed by atoms with Crippen LogP contribution >= 0.6 is 11.8 Å². The first kappa shape index (κ1) is 10.9. The molecule has 0 aliphatic rings. The van der Waals surface area contributed by atoms with Crippen molar-refractivity contribution in [3.8, 4) is 11.2 Å². The molecule has 14 heavy (non-hydrogen) atoms. The molecule has 1 aromatic carbocycles. The molecule has 1 rings (SSSR count). The lowest BCUT2D eigenvalue weighted by molar-refractivity contribution is -0.0318. The van der Waals surface area contributed by atoms with Crippen LogP contribution in [0.15, 0.2) is 24.3 Å². The Morgan fingerprint density at radius 3 is 2.14 bits per heavy atom. The minimum Gasteiger partial charge on any atom is -0.207 e. The van der Waals surface area contributed by atoms with Crippen LogP contribution in [0.3, 0.4) is 0 Å². The molecule has 0 bridgehead atoms. The Kier molecular flexibility index (Phi) is 3.42. The quantitative estimate of drug-likeness (QED) is 0.477. The van der Waals surface area contributed by atoms with E-state index in [2.05, 4.69) is 5.92 Å². The minimum absolute atomic E-state index is 0.350. The lowest BCUT2D eigenvalue weighted by Crippen LogP contribution is -1.96. The second-order valence-electron chi connectivity index (χ2n) is 2.28. The fourth-order valence-corrected chi connectivity index (χ4v) is 0.960. The van der Waals surface area contributed by atoms with E-state index in [-0.39, 0.29) is 0 Å². The highest BCUT2D eigenvalue weighted by Gasteiger charge is 2.27. The highest BCUT2D eigenvalue weighted by atomic mass is 32.2. The zero-order chi connectivity index (χ0) is 10.6. The molecule has 0 saturated heterocycles. The summed E-state index contributed by atoms with van der Waals surface area (Å²) in [4.78, 5) is 0. The van der Waals surface area contributed by atoms with E-state index >= 15 is 0 Å². The summed E-state index contributed by atoms with van der Waals surface area (Å²) < 4.78 is 47.2. The van der Waals surface area contributed by atoms with E-state index in [0.717, 1.165) is 12.1 Å². The SMILES string of the molecule is Fc1ccc(C#CSC(F)(F)F)cc1. The van der Waals surface area contributed by atoms with E-state index < -0.39 is 23.1 Å². The molecule has 0 heterocycles. The van der Waals surface area contributed by atoms with Gasteiger partial charge in [-0.3, -0.25) is 0 Å². The number of hydrogen-bond donors (Lipinski definition) is 0. The van der Waals surface area contributed by atoms with Crippen molar-refractivity contribution in [1.29, 1.82) is 0 Å². The van der Waals surface area contributed by atoms with E-state index in [4.69, 9.17) is 0 Å². The molecular weight excluding hydrogens is 216 g/mol. The Balaban J connectivity index is 2.64. The highest BCUT2D eigenvalue weighted by Crippen LogP contribution is 2.28. The van der Waals surface area contributed by atoms with Gasteiger partial charge in [0.1, 0.15) is 5.82 Å². The van der Waals surface area contributed by atoms with Gasteiger partial charge in [0.05, 0.1) is 0 Å². The van der Waals surface area contributed by atoms with Crippen molar-refractivity contribution in [2.45, 2.75) is 5.51 Å². The number of rotatable bonds is 0. The van der Waals surface area contributed by atoms with Gasteiger partial charge in [-0.1, -0.05) is 5.92 Å². The molecule has 0 fully saturated rings. The van der Waals surface area contributed by atoms with Crippen LogP contribution in [-0.2, 0) is 0 Å². The molecule has 0 nitrogen and oxygen atoms in total. The average Bonchev–Trinajstić information content (AvgIpc) is 2.06. The summed E-state index contributed by atoms with van der Waals surface area (Å²) in [7, 11) is 0. The molecule has 0 aliphatic heterocycles. The summed E-state index contributed by atoms with van der Waals surface area (Å²) >= 11 is -0.422. The van der Waals surface area contributed by atoms with Gasteiger partial charge in [0.25, 0.3) is 0 Å². The Bertz CT molecular complexity index is 355. The van der Waals surface area contributed by atoms with Gasteiger partial charge in [0.2, 0.25) is 0 Å². The van der Waals surface area contributed by atoms with E-state index in [1.807, 2.05) is 5.25 Å². The van der Waals surface area contributed by atoms with Crippen molar-refractivity contribution in [3.63, 3.8) is 0 Å². The van der Waals surface area contributed by atoms with E-state index in [1.165, 1.54) is 12.1 Å². The normalized spacial score (nSPS) is 10.6. The molecule has 1 aromatic rings. The van der Waals surface area contributed by atoms with Crippen molar-refractivity contribution in [1.82, 2.24) is 0 Å². The first-order valence-electron chi connectivity index (χ1n) is 3.49. The van der Waals surface area contributed by atoms with Crippen LogP contribution in [-0.4, -0.2) is 5.51 Å². The fourth-order valence-electron chi connectivity index (χ4n) is 0.676. The lowest BCUT2D eigenvalue weighted by atomic mass is 10.2. The van der Waals surface area contributed by atoms with Gasteiger partial charge in [-0.05, 0) is 29.5 Å².